The second-order valence-corrected chi connectivity index (χ2v) is 4.69. The van der Waals surface area contributed by atoms with Gasteiger partial charge in [0.25, 0.3) is 0 Å². The van der Waals surface area contributed by atoms with Crippen molar-refractivity contribution < 1.29 is 15.0 Å². The summed E-state index contributed by atoms with van der Waals surface area (Å²) in [5.74, 6) is -0.715. The third-order valence-corrected chi connectivity index (χ3v) is 3.51. The van der Waals surface area contributed by atoms with E-state index in [9.17, 15) is 9.90 Å². The maximum Gasteiger partial charge on any atom is 0.309 e. The zero-order valence-electron chi connectivity index (χ0n) is 7.75. The van der Waals surface area contributed by atoms with Crippen molar-refractivity contribution in [2.45, 2.75) is 50.5 Å². The van der Waals surface area contributed by atoms with Crippen LogP contribution >= 0.6 is 0 Å². The van der Waals surface area contributed by atoms with E-state index in [0.717, 1.165) is 38.5 Å². The first kappa shape index (κ1) is 9.00. The van der Waals surface area contributed by atoms with Gasteiger partial charge in [-0.25, -0.2) is 0 Å². The smallest absolute Gasteiger partial charge is 0.309 e. The van der Waals surface area contributed by atoms with Gasteiger partial charge in [0.05, 0.1) is 11.0 Å². The molecule has 0 heterocycles. The van der Waals surface area contributed by atoms with Crippen molar-refractivity contribution in [2.24, 2.45) is 5.41 Å². The third-order valence-electron chi connectivity index (χ3n) is 3.51. The Hall–Kier alpha value is -0.570. The molecular formula is C10H16O3. The minimum absolute atomic E-state index is 0.481. The highest BCUT2D eigenvalue weighted by molar-refractivity contribution is 5.77. The number of carboxylic acids is 1. The van der Waals surface area contributed by atoms with Crippen molar-refractivity contribution in [3.8, 4) is 0 Å². The Kier molecular flexibility index (Phi) is 1.88. The average molecular weight is 184 g/mol. The lowest BCUT2D eigenvalue weighted by atomic mass is 9.87. The molecule has 2 rings (SSSR count). The highest BCUT2D eigenvalue weighted by Gasteiger charge is 2.54. The summed E-state index contributed by atoms with van der Waals surface area (Å²) in [5.41, 5.74) is -1.21. The summed E-state index contributed by atoms with van der Waals surface area (Å²) in [6.07, 6.45) is 5.67. The molecule has 0 aliphatic heterocycles. The average Bonchev–Trinajstić information content (AvgIpc) is 2.69. The molecule has 0 radical (unpaired) electrons. The number of hydrogen-bond donors (Lipinski definition) is 2. The zero-order valence-corrected chi connectivity index (χ0v) is 7.75. The van der Waals surface area contributed by atoms with Gasteiger partial charge < -0.3 is 10.2 Å². The number of hydrogen-bond acceptors (Lipinski definition) is 2. The van der Waals surface area contributed by atoms with Gasteiger partial charge in [0.1, 0.15) is 0 Å². The number of carbonyl (C=O) groups is 1. The summed E-state index contributed by atoms with van der Waals surface area (Å²) in [4.78, 5) is 10.9. The molecule has 2 aliphatic carbocycles. The number of rotatable bonds is 3. The van der Waals surface area contributed by atoms with Crippen LogP contribution in [0.25, 0.3) is 0 Å². The van der Waals surface area contributed by atoms with E-state index >= 15 is 0 Å². The third kappa shape index (κ3) is 1.57. The van der Waals surface area contributed by atoms with Gasteiger partial charge >= 0.3 is 5.97 Å². The molecule has 0 unspecified atom stereocenters. The summed E-state index contributed by atoms with van der Waals surface area (Å²) < 4.78 is 0. The number of aliphatic carboxylic acids is 1. The zero-order chi connectivity index (χ0) is 9.53. The fourth-order valence-corrected chi connectivity index (χ4v) is 2.46. The van der Waals surface area contributed by atoms with Crippen LogP contribution in [0.1, 0.15) is 44.9 Å². The SMILES string of the molecule is O=C(O)C1(CC2(O)CCCC2)CC1. The lowest BCUT2D eigenvalue weighted by Crippen LogP contribution is -2.31. The molecule has 3 heteroatoms. The molecule has 3 nitrogen and oxygen atoms in total. The van der Waals surface area contributed by atoms with Crippen LogP contribution < -0.4 is 0 Å². The molecule has 13 heavy (non-hydrogen) atoms. The predicted molar refractivity (Wildman–Crippen MR) is 47.3 cm³/mol. The van der Waals surface area contributed by atoms with Crippen LogP contribution in [0, 0.1) is 5.41 Å². The summed E-state index contributed by atoms with van der Waals surface area (Å²) >= 11 is 0. The first-order valence-corrected chi connectivity index (χ1v) is 5.02. The maximum atomic E-state index is 10.9. The molecule has 74 valence electrons. The molecule has 0 spiro atoms. The molecule has 2 aliphatic rings. The number of aliphatic hydroxyl groups is 1. The van der Waals surface area contributed by atoms with E-state index in [1.165, 1.54) is 0 Å². The topological polar surface area (TPSA) is 57.5 Å². The Bertz CT molecular complexity index is 224. The van der Waals surface area contributed by atoms with Gasteiger partial charge in [-0.1, -0.05) is 12.8 Å². The Labute approximate surface area is 77.8 Å². The van der Waals surface area contributed by atoms with Gasteiger partial charge in [0.2, 0.25) is 0 Å². The van der Waals surface area contributed by atoms with E-state index < -0.39 is 17.0 Å². The Morgan fingerprint density at radius 3 is 2.08 bits per heavy atom. The van der Waals surface area contributed by atoms with Crippen LogP contribution in [0.4, 0.5) is 0 Å². The van der Waals surface area contributed by atoms with Crippen molar-refractivity contribution in [2.75, 3.05) is 0 Å². The first-order chi connectivity index (χ1) is 6.06. The van der Waals surface area contributed by atoms with Gasteiger partial charge in [-0.05, 0) is 32.1 Å². The molecule has 0 aromatic heterocycles. The fraction of sp³-hybridized carbons (Fsp3) is 0.900. The predicted octanol–water partition coefficient (Wildman–Crippen LogP) is 1.55. The van der Waals surface area contributed by atoms with Crippen LogP contribution in [0.5, 0.6) is 0 Å². The number of carboxylic acid groups (broad SMARTS) is 1. The molecule has 0 aromatic rings. The lowest BCUT2D eigenvalue weighted by Gasteiger charge is -2.25. The van der Waals surface area contributed by atoms with E-state index in [2.05, 4.69) is 0 Å². The van der Waals surface area contributed by atoms with Crippen molar-refractivity contribution in [1.82, 2.24) is 0 Å². The summed E-state index contributed by atoms with van der Waals surface area (Å²) in [6, 6.07) is 0. The molecular weight excluding hydrogens is 168 g/mol. The van der Waals surface area contributed by atoms with Gasteiger partial charge in [-0.3, -0.25) is 4.79 Å². The molecule has 0 saturated heterocycles. The van der Waals surface area contributed by atoms with E-state index in [1.807, 2.05) is 0 Å². The van der Waals surface area contributed by atoms with E-state index in [-0.39, 0.29) is 0 Å². The van der Waals surface area contributed by atoms with Crippen molar-refractivity contribution >= 4 is 5.97 Å². The normalized spacial score (nSPS) is 28.7. The Balaban J connectivity index is 2.00. The maximum absolute atomic E-state index is 10.9. The van der Waals surface area contributed by atoms with Crippen LogP contribution in [0.3, 0.4) is 0 Å². The van der Waals surface area contributed by atoms with E-state index in [0.29, 0.717) is 6.42 Å². The molecule has 2 saturated carbocycles. The summed E-state index contributed by atoms with van der Waals surface area (Å²) in [7, 11) is 0. The fourth-order valence-electron chi connectivity index (χ4n) is 2.46. The highest BCUT2D eigenvalue weighted by Crippen LogP contribution is 2.54. The van der Waals surface area contributed by atoms with Crippen LogP contribution in [-0.4, -0.2) is 21.8 Å². The van der Waals surface area contributed by atoms with Crippen molar-refractivity contribution in [1.29, 1.82) is 0 Å². The Morgan fingerprint density at radius 1 is 1.15 bits per heavy atom. The monoisotopic (exact) mass is 184 g/mol. The lowest BCUT2D eigenvalue weighted by molar-refractivity contribution is -0.146. The van der Waals surface area contributed by atoms with E-state index in [1.54, 1.807) is 0 Å². The van der Waals surface area contributed by atoms with E-state index in [4.69, 9.17) is 5.11 Å². The molecule has 2 fully saturated rings. The van der Waals surface area contributed by atoms with Crippen LogP contribution in [0.2, 0.25) is 0 Å². The molecule has 2 N–H and O–H groups in total. The molecule has 0 aromatic carbocycles. The summed E-state index contributed by atoms with van der Waals surface area (Å²) in [5, 5.41) is 19.0. The quantitative estimate of drug-likeness (QED) is 0.699. The van der Waals surface area contributed by atoms with Gasteiger partial charge in [-0.15, -0.1) is 0 Å². The Morgan fingerprint density at radius 2 is 1.69 bits per heavy atom. The van der Waals surface area contributed by atoms with Crippen LogP contribution in [0.15, 0.2) is 0 Å². The van der Waals surface area contributed by atoms with Gasteiger partial charge in [0.15, 0.2) is 0 Å². The van der Waals surface area contributed by atoms with Gasteiger partial charge in [0, 0.05) is 0 Å². The summed E-state index contributed by atoms with van der Waals surface area (Å²) in [6.45, 7) is 0. The van der Waals surface area contributed by atoms with Crippen molar-refractivity contribution in [3.05, 3.63) is 0 Å². The second kappa shape index (κ2) is 2.71. The first-order valence-electron chi connectivity index (χ1n) is 5.02. The highest BCUT2D eigenvalue weighted by atomic mass is 16.4. The minimum atomic E-state index is -0.715. The standard InChI is InChI=1S/C10H16O3/c11-8(12)9(5-6-9)7-10(13)3-1-2-4-10/h13H,1-7H2,(H,11,12). The minimum Gasteiger partial charge on any atom is -0.481 e. The largest absolute Gasteiger partial charge is 0.481 e. The van der Waals surface area contributed by atoms with Crippen LogP contribution in [-0.2, 0) is 4.79 Å². The molecule has 0 atom stereocenters. The van der Waals surface area contributed by atoms with Gasteiger partial charge in [-0.2, -0.15) is 0 Å². The molecule has 0 amide bonds. The molecule has 0 bridgehead atoms. The second-order valence-electron chi connectivity index (χ2n) is 4.69. The van der Waals surface area contributed by atoms with Crippen molar-refractivity contribution in [3.63, 3.8) is 0 Å².